The molecule has 0 amide bonds. The highest BCUT2D eigenvalue weighted by Gasteiger charge is 2.16. The molecule has 0 bridgehead atoms. The predicted octanol–water partition coefficient (Wildman–Crippen LogP) is 18.2. The number of para-hydroxylation sites is 2. The number of hydrogen-bond donors (Lipinski definition) is 0. The van der Waals surface area contributed by atoms with Crippen LogP contribution >= 0.6 is 0 Å². The molecule has 0 saturated carbocycles. The van der Waals surface area contributed by atoms with Gasteiger partial charge in [-0.15, -0.1) is 0 Å². The lowest BCUT2D eigenvalue weighted by atomic mass is 9.99. The summed E-state index contributed by atoms with van der Waals surface area (Å²) in [5.41, 5.74) is 20.6. The van der Waals surface area contributed by atoms with Crippen molar-refractivity contribution in [2.24, 2.45) is 0 Å². The van der Waals surface area contributed by atoms with Gasteiger partial charge in [0.05, 0.1) is 0 Å². The number of nitrogens with zero attached hydrogens (tertiary/aromatic N) is 2. The number of benzene rings is 10. The molecule has 0 radical (unpaired) electrons. The molecule has 0 N–H and O–H groups in total. The lowest BCUT2D eigenvalue weighted by Gasteiger charge is -2.26. The van der Waals surface area contributed by atoms with Gasteiger partial charge in [-0.25, -0.2) is 0 Å². The van der Waals surface area contributed by atoms with E-state index in [-0.39, 0.29) is 0 Å². The van der Waals surface area contributed by atoms with Crippen LogP contribution in [0.2, 0.25) is 0 Å². The molecule has 0 spiro atoms. The molecule has 10 aromatic carbocycles. The lowest BCUT2D eigenvalue weighted by Crippen LogP contribution is -2.10. The average Bonchev–Trinajstić information content (AvgIpc) is 3.40. The SMILES string of the molecule is C=Cc1cccc(-c2ccc(-c3ccc(N(c4ccccc4)c4ccc(-c5ccc(N(c6ccccc6)c6ccc(-c7ccc(-c8cccc(C=C)c8)cc7)cc6)cc5)cc4)cc3)cc2)c1. The van der Waals surface area contributed by atoms with Crippen LogP contribution in [0.4, 0.5) is 34.1 Å². The molecule has 2 heteroatoms. The molecule has 0 atom stereocenters. The summed E-state index contributed by atoms with van der Waals surface area (Å²) in [6, 6.07) is 91.1. The molecule has 314 valence electrons. The largest absolute Gasteiger partial charge is 0.311 e. The van der Waals surface area contributed by atoms with E-state index in [1.165, 1.54) is 44.5 Å². The Bertz CT molecular complexity index is 2980. The molecule has 0 saturated heterocycles. The van der Waals surface area contributed by atoms with Crippen molar-refractivity contribution in [3.8, 4) is 55.6 Å². The molecular weight excluding hydrogens is 797 g/mol. The van der Waals surface area contributed by atoms with Gasteiger partial charge in [-0.2, -0.15) is 0 Å². The minimum absolute atomic E-state index is 1.09. The highest BCUT2D eigenvalue weighted by atomic mass is 15.1. The summed E-state index contributed by atoms with van der Waals surface area (Å²) >= 11 is 0. The summed E-state index contributed by atoms with van der Waals surface area (Å²) in [6.07, 6.45) is 3.78. The van der Waals surface area contributed by atoms with Crippen molar-refractivity contribution < 1.29 is 0 Å². The first kappa shape index (κ1) is 41.3. The Hall–Kier alpha value is -8.72. The van der Waals surface area contributed by atoms with Gasteiger partial charge in [0.25, 0.3) is 0 Å². The number of anilines is 6. The molecule has 0 aromatic heterocycles. The molecule has 66 heavy (non-hydrogen) atoms. The standard InChI is InChI=1S/C64H48N2/c1-3-47-13-11-15-57(45-47)55-25-21-49(22-26-55)51-29-37-61(38-30-51)65(59-17-7-5-8-18-59)63-41-33-53(34-42-63)54-35-43-64(44-36-54)66(60-19-9-6-10-20-60)62-39-31-52(32-40-62)50-23-27-56(28-24-50)58-16-12-14-48(4-2)46-58/h3-46H,1-2H2. The summed E-state index contributed by atoms with van der Waals surface area (Å²) in [6.45, 7) is 7.86. The molecule has 0 unspecified atom stereocenters. The maximum Gasteiger partial charge on any atom is 0.0462 e. The first-order chi connectivity index (χ1) is 32.6. The molecule has 0 fully saturated rings. The number of hydrogen-bond acceptors (Lipinski definition) is 2. The van der Waals surface area contributed by atoms with E-state index < -0.39 is 0 Å². The predicted molar refractivity (Wildman–Crippen MR) is 283 cm³/mol. The second-order valence-electron chi connectivity index (χ2n) is 16.3. The van der Waals surface area contributed by atoms with Gasteiger partial charge >= 0.3 is 0 Å². The smallest absolute Gasteiger partial charge is 0.0462 e. The molecule has 0 heterocycles. The van der Waals surface area contributed by atoms with E-state index >= 15 is 0 Å². The number of rotatable bonds is 13. The summed E-state index contributed by atoms with van der Waals surface area (Å²) in [5, 5.41) is 0. The Kier molecular flexibility index (Phi) is 11.9. The van der Waals surface area contributed by atoms with Crippen molar-refractivity contribution in [2.45, 2.75) is 0 Å². The van der Waals surface area contributed by atoms with Crippen LogP contribution in [0.15, 0.2) is 268 Å². The van der Waals surface area contributed by atoms with Crippen LogP contribution in [-0.2, 0) is 0 Å². The van der Waals surface area contributed by atoms with Crippen LogP contribution in [0.5, 0.6) is 0 Å². The molecular formula is C64H48N2. The van der Waals surface area contributed by atoms with Crippen LogP contribution in [-0.4, -0.2) is 0 Å². The molecule has 0 aliphatic carbocycles. The quantitative estimate of drug-likeness (QED) is 0.114. The van der Waals surface area contributed by atoms with Gasteiger partial charge in [-0.3, -0.25) is 0 Å². The van der Waals surface area contributed by atoms with Crippen LogP contribution < -0.4 is 9.80 Å². The Labute approximate surface area is 389 Å². The van der Waals surface area contributed by atoms with Crippen LogP contribution in [0.25, 0.3) is 67.8 Å². The van der Waals surface area contributed by atoms with Gasteiger partial charge in [0.2, 0.25) is 0 Å². The van der Waals surface area contributed by atoms with Crippen LogP contribution in [0.3, 0.4) is 0 Å². The van der Waals surface area contributed by atoms with Gasteiger partial charge in [0, 0.05) is 34.1 Å². The molecule has 10 rings (SSSR count). The van der Waals surface area contributed by atoms with Crippen molar-refractivity contribution in [3.05, 3.63) is 279 Å². The zero-order valence-electron chi connectivity index (χ0n) is 36.7. The molecule has 0 aliphatic heterocycles. The van der Waals surface area contributed by atoms with Gasteiger partial charge in [0.1, 0.15) is 0 Å². The summed E-state index contributed by atoms with van der Waals surface area (Å²) in [4.78, 5) is 4.63. The Morgan fingerprint density at radius 3 is 0.697 bits per heavy atom. The summed E-state index contributed by atoms with van der Waals surface area (Å²) in [5.74, 6) is 0. The van der Waals surface area contributed by atoms with E-state index in [0.717, 1.165) is 56.4 Å². The molecule has 2 nitrogen and oxygen atoms in total. The van der Waals surface area contributed by atoms with Gasteiger partial charge in [-0.05, 0) is 152 Å². The third kappa shape index (κ3) is 8.90. The highest BCUT2D eigenvalue weighted by molar-refractivity contribution is 5.83. The van der Waals surface area contributed by atoms with Gasteiger partial charge < -0.3 is 9.80 Å². The van der Waals surface area contributed by atoms with E-state index in [2.05, 4.69) is 278 Å². The fourth-order valence-corrected chi connectivity index (χ4v) is 8.66. The van der Waals surface area contributed by atoms with Gasteiger partial charge in [-0.1, -0.05) is 195 Å². The maximum atomic E-state index is 3.93. The Morgan fingerprint density at radius 2 is 0.439 bits per heavy atom. The van der Waals surface area contributed by atoms with E-state index in [9.17, 15) is 0 Å². The third-order valence-corrected chi connectivity index (χ3v) is 12.2. The minimum atomic E-state index is 1.09. The minimum Gasteiger partial charge on any atom is -0.311 e. The van der Waals surface area contributed by atoms with E-state index in [0.29, 0.717) is 0 Å². The fourth-order valence-electron chi connectivity index (χ4n) is 8.66. The van der Waals surface area contributed by atoms with Crippen molar-refractivity contribution in [1.82, 2.24) is 0 Å². The second kappa shape index (κ2) is 18.9. The zero-order valence-corrected chi connectivity index (χ0v) is 36.7. The third-order valence-electron chi connectivity index (χ3n) is 12.2. The first-order valence-electron chi connectivity index (χ1n) is 22.4. The Balaban J connectivity index is 0.877. The Morgan fingerprint density at radius 1 is 0.212 bits per heavy atom. The van der Waals surface area contributed by atoms with Crippen molar-refractivity contribution in [2.75, 3.05) is 9.80 Å². The molecule has 10 aromatic rings. The lowest BCUT2D eigenvalue weighted by molar-refractivity contribution is 1.28. The monoisotopic (exact) mass is 844 g/mol. The summed E-state index contributed by atoms with van der Waals surface area (Å²) in [7, 11) is 0. The van der Waals surface area contributed by atoms with Crippen molar-refractivity contribution >= 4 is 46.3 Å². The first-order valence-corrected chi connectivity index (χ1v) is 22.4. The van der Waals surface area contributed by atoms with Crippen molar-refractivity contribution in [1.29, 1.82) is 0 Å². The van der Waals surface area contributed by atoms with Crippen LogP contribution in [0.1, 0.15) is 11.1 Å². The maximum absolute atomic E-state index is 3.93. The topological polar surface area (TPSA) is 6.48 Å². The van der Waals surface area contributed by atoms with E-state index in [1.807, 2.05) is 12.2 Å². The highest BCUT2D eigenvalue weighted by Crippen LogP contribution is 2.39. The normalized spacial score (nSPS) is 10.8. The van der Waals surface area contributed by atoms with E-state index in [4.69, 9.17) is 0 Å². The van der Waals surface area contributed by atoms with Crippen LogP contribution in [0, 0.1) is 0 Å². The van der Waals surface area contributed by atoms with E-state index in [1.54, 1.807) is 0 Å². The molecule has 0 aliphatic rings. The van der Waals surface area contributed by atoms with Crippen molar-refractivity contribution in [3.63, 3.8) is 0 Å². The fraction of sp³-hybridized carbons (Fsp3) is 0. The summed E-state index contributed by atoms with van der Waals surface area (Å²) < 4.78 is 0. The zero-order chi connectivity index (χ0) is 44.7. The average molecular weight is 845 g/mol. The van der Waals surface area contributed by atoms with Gasteiger partial charge in [0.15, 0.2) is 0 Å². The second-order valence-corrected chi connectivity index (χ2v) is 16.3.